The zero-order valence-corrected chi connectivity index (χ0v) is 15.8. The van der Waals surface area contributed by atoms with Gasteiger partial charge in [-0.1, -0.05) is 6.92 Å². The molecule has 134 valence electrons. The van der Waals surface area contributed by atoms with Gasteiger partial charge in [0.2, 0.25) is 0 Å². The SMILES string of the molecule is CC1CCN(C[C@H]2CCCN(CC3(CS(C)(=O)=O)CC3)C2)CC1. The predicted molar refractivity (Wildman–Crippen MR) is 95.4 cm³/mol. The highest BCUT2D eigenvalue weighted by Gasteiger charge is 2.46. The van der Waals surface area contributed by atoms with Gasteiger partial charge in [-0.15, -0.1) is 0 Å². The highest BCUT2D eigenvalue weighted by molar-refractivity contribution is 7.90. The van der Waals surface area contributed by atoms with E-state index in [1.807, 2.05) is 0 Å². The predicted octanol–water partition coefficient (Wildman–Crippen LogP) is 2.26. The molecule has 0 aromatic carbocycles. The molecule has 0 radical (unpaired) electrons. The van der Waals surface area contributed by atoms with Crippen LogP contribution in [0.5, 0.6) is 0 Å². The summed E-state index contributed by atoms with van der Waals surface area (Å²) in [6.45, 7) is 9.52. The third-order valence-electron chi connectivity index (χ3n) is 6.08. The number of piperidine rings is 2. The molecule has 3 fully saturated rings. The summed E-state index contributed by atoms with van der Waals surface area (Å²) >= 11 is 0. The largest absolute Gasteiger partial charge is 0.303 e. The number of hydrogen-bond acceptors (Lipinski definition) is 4. The molecule has 1 atom stereocenters. The summed E-state index contributed by atoms with van der Waals surface area (Å²) in [6.07, 6.45) is 8.94. The molecule has 23 heavy (non-hydrogen) atoms. The maximum absolute atomic E-state index is 11.7. The van der Waals surface area contributed by atoms with Crippen LogP contribution in [-0.2, 0) is 9.84 Å². The molecule has 5 heteroatoms. The van der Waals surface area contributed by atoms with Crippen molar-refractivity contribution in [3.8, 4) is 0 Å². The van der Waals surface area contributed by atoms with Gasteiger partial charge in [-0.3, -0.25) is 0 Å². The molecule has 0 aromatic rings. The highest BCUT2D eigenvalue weighted by atomic mass is 32.2. The van der Waals surface area contributed by atoms with Gasteiger partial charge in [-0.2, -0.15) is 0 Å². The van der Waals surface area contributed by atoms with Gasteiger partial charge in [0, 0.05) is 25.9 Å². The molecular formula is C18H34N2O2S. The Hall–Kier alpha value is -0.130. The fourth-order valence-corrected chi connectivity index (χ4v) is 6.10. The monoisotopic (exact) mass is 342 g/mol. The minimum Gasteiger partial charge on any atom is -0.303 e. The first-order valence-electron chi connectivity index (χ1n) is 9.46. The van der Waals surface area contributed by atoms with Crippen LogP contribution in [0, 0.1) is 17.3 Å². The van der Waals surface area contributed by atoms with E-state index in [0.29, 0.717) is 5.75 Å². The molecule has 1 aliphatic carbocycles. The second kappa shape index (κ2) is 7.01. The minimum absolute atomic E-state index is 0.0933. The zero-order chi connectivity index (χ0) is 16.5. The van der Waals surface area contributed by atoms with Crippen LogP contribution in [0.1, 0.15) is 45.4 Å². The van der Waals surface area contributed by atoms with Crippen LogP contribution in [-0.4, -0.2) is 69.5 Å². The molecular weight excluding hydrogens is 308 g/mol. The summed E-state index contributed by atoms with van der Waals surface area (Å²) in [4.78, 5) is 5.23. The first kappa shape index (κ1) is 17.7. The van der Waals surface area contributed by atoms with Crippen LogP contribution < -0.4 is 0 Å². The van der Waals surface area contributed by atoms with E-state index in [9.17, 15) is 8.42 Å². The number of rotatable bonds is 6. The Kier molecular flexibility index (Phi) is 5.39. The summed E-state index contributed by atoms with van der Waals surface area (Å²) in [5, 5.41) is 0. The van der Waals surface area contributed by atoms with E-state index in [0.717, 1.165) is 31.2 Å². The molecule has 0 amide bonds. The Morgan fingerprint density at radius 1 is 1.04 bits per heavy atom. The van der Waals surface area contributed by atoms with Crippen LogP contribution >= 0.6 is 0 Å². The summed E-state index contributed by atoms with van der Waals surface area (Å²) in [6, 6.07) is 0. The smallest absolute Gasteiger partial charge is 0.148 e. The molecule has 0 aromatic heterocycles. The van der Waals surface area contributed by atoms with Crippen molar-refractivity contribution < 1.29 is 8.42 Å². The van der Waals surface area contributed by atoms with Crippen molar-refractivity contribution in [3.63, 3.8) is 0 Å². The van der Waals surface area contributed by atoms with Gasteiger partial charge in [0.25, 0.3) is 0 Å². The average Bonchev–Trinajstić information content (AvgIpc) is 3.18. The summed E-state index contributed by atoms with van der Waals surface area (Å²) in [5.41, 5.74) is 0.0933. The van der Waals surface area contributed by atoms with Crippen molar-refractivity contribution in [2.24, 2.45) is 17.3 Å². The molecule has 0 bridgehead atoms. The minimum atomic E-state index is -2.85. The van der Waals surface area contributed by atoms with Gasteiger partial charge in [0.1, 0.15) is 9.84 Å². The second-order valence-corrected chi connectivity index (χ2v) is 10.9. The summed E-state index contributed by atoms with van der Waals surface area (Å²) < 4.78 is 23.3. The van der Waals surface area contributed by atoms with E-state index in [1.54, 1.807) is 0 Å². The average molecular weight is 343 g/mol. The maximum atomic E-state index is 11.7. The van der Waals surface area contributed by atoms with Crippen molar-refractivity contribution in [1.29, 1.82) is 0 Å². The number of sulfone groups is 1. The Morgan fingerprint density at radius 2 is 1.74 bits per heavy atom. The van der Waals surface area contributed by atoms with Crippen LogP contribution in [0.3, 0.4) is 0 Å². The van der Waals surface area contributed by atoms with Gasteiger partial charge in [-0.25, -0.2) is 8.42 Å². The second-order valence-electron chi connectivity index (χ2n) is 8.80. The lowest BCUT2D eigenvalue weighted by Crippen LogP contribution is -2.45. The van der Waals surface area contributed by atoms with Gasteiger partial charge >= 0.3 is 0 Å². The van der Waals surface area contributed by atoms with Gasteiger partial charge in [0.05, 0.1) is 5.75 Å². The van der Waals surface area contributed by atoms with Crippen LogP contribution in [0.15, 0.2) is 0 Å². The normalized spacial score (nSPS) is 30.4. The molecule has 0 N–H and O–H groups in total. The van der Waals surface area contributed by atoms with Gasteiger partial charge in [-0.05, 0) is 75.4 Å². The van der Waals surface area contributed by atoms with Crippen molar-refractivity contribution >= 4 is 9.84 Å². The molecule has 3 aliphatic rings. The first-order chi connectivity index (χ1) is 10.8. The standard InChI is InChI=1S/C18H34N2O2S/c1-16-5-10-19(11-6-16)12-17-4-3-9-20(13-17)14-18(7-8-18)15-23(2,21)22/h16-17H,3-15H2,1-2H3/t17-/m1/s1. The number of likely N-dealkylation sites (tertiary alicyclic amines) is 2. The first-order valence-corrected chi connectivity index (χ1v) is 11.5. The Morgan fingerprint density at radius 3 is 2.35 bits per heavy atom. The highest BCUT2D eigenvalue weighted by Crippen LogP contribution is 2.47. The van der Waals surface area contributed by atoms with E-state index in [1.165, 1.54) is 64.7 Å². The van der Waals surface area contributed by atoms with Crippen LogP contribution in [0.4, 0.5) is 0 Å². The molecule has 1 saturated carbocycles. The van der Waals surface area contributed by atoms with Crippen molar-refractivity contribution in [3.05, 3.63) is 0 Å². The van der Waals surface area contributed by atoms with Crippen molar-refractivity contribution in [1.82, 2.24) is 9.80 Å². The molecule has 3 rings (SSSR count). The van der Waals surface area contributed by atoms with E-state index in [2.05, 4.69) is 16.7 Å². The van der Waals surface area contributed by atoms with Crippen LogP contribution in [0.2, 0.25) is 0 Å². The third kappa shape index (κ3) is 5.43. The summed E-state index contributed by atoms with van der Waals surface area (Å²) in [7, 11) is -2.85. The molecule has 0 unspecified atom stereocenters. The fourth-order valence-electron chi connectivity index (χ4n) is 4.61. The summed E-state index contributed by atoms with van der Waals surface area (Å²) in [5.74, 6) is 2.08. The van der Waals surface area contributed by atoms with E-state index >= 15 is 0 Å². The Balaban J connectivity index is 1.47. The Labute approximate surface area is 142 Å². The molecule has 2 heterocycles. The lowest BCUT2D eigenvalue weighted by Gasteiger charge is -2.39. The molecule has 4 nitrogen and oxygen atoms in total. The van der Waals surface area contributed by atoms with Crippen LogP contribution in [0.25, 0.3) is 0 Å². The van der Waals surface area contributed by atoms with Gasteiger partial charge < -0.3 is 9.80 Å². The molecule has 2 saturated heterocycles. The van der Waals surface area contributed by atoms with E-state index < -0.39 is 9.84 Å². The number of hydrogen-bond donors (Lipinski definition) is 0. The quantitative estimate of drug-likeness (QED) is 0.742. The lowest BCUT2D eigenvalue weighted by molar-refractivity contribution is 0.102. The topological polar surface area (TPSA) is 40.6 Å². The molecule has 0 spiro atoms. The lowest BCUT2D eigenvalue weighted by atomic mass is 9.93. The number of nitrogens with zero attached hydrogens (tertiary/aromatic N) is 2. The maximum Gasteiger partial charge on any atom is 0.148 e. The Bertz CT molecular complexity index is 493. The van der Waals surface area contributed by atoms with Crippen molar-refractivity contribution in [2.75, 3.05) is 51.3 Å². The van der Waals surface area contributed by atoms with Crippen molar-refractivity contribution in [2.45, 2.75) is 45.4 Å². The zero-order valence-electron chi connectivity index (χ0n) is 15.0. The fraction of sp³-hybridized carbons (Fsp3) is 1.00. The van der Waals surface area contributed by atoms with Gasteiger partial charge in [0.15, 0.2) is 0 Å². The van der Waals surface area contributed by atoms with E-state index in [-0.39, 0.29) is 5.41 Å². The van der Waals surface area contributed by atoms with E-state index in [4.69, 9.17) is 0 Å². The third-order valence-corrected chi connectivity index (χ3v) is 7.22. The molecule has 2 aliphatic heterocycles.